The van der Waals surface area contributed by atoms with Gasteiger partial charge in [-0.15, -0.1) is 6.58 Å². The molecule has 3 atom stereocenters. The number of ether oxygens (including phenoxy) is 2. The van der Waals surface area contributed by atoms with E-state index in [0.717, 1.165) is 54.9 Å². The van der Waals surface area contributed by atoms with Gasteiger partial charge in [0.05, 0.1) is 6.61 Å². The molecule has 36 heavy (non-hydrogen) atoms. The Bertz CT molecular complexity index is 836. The van der Waals surface area contributed by atoms with E-state index in [9.17, 15) is 0 Å². The fourth-order valence-corrected chi connectivity index (χ4v) is 5.80. The van der Waals surface area contributed by atoms with Gasteiger partial charge in [-0.05, 0) is 94.7 Å². The van der Waals surface area contributed by atoms with E-state index in [4.69, 9.17) is 9.47 Å². The van der Waals surface area contributed by atoms with Crippen LogP contribution in [0.5, 0.6) is 11.5 Å². The van der Waals surface area contributed by atoms with Crippen LogP contribution >= 0.6 is 0 Å². The molecule has 2 nitrogen and oxygen atoms in total. The Hall–Kier alpha value is -1.44. The van der Waals surface area contributed by atoms with E-state index in [-0.39, 0.29) is 5.60 Å². The molecule has 1 aromatic rings. The fourth-order valence-electron chi connectivity index (χ4n) is 5.80. The van der Waals surface area contributed by atoms with Gasteiger partial charge in [-0.1, -0.05) is 78.2 Å². The summed E-state index contributed by atoms with van der Waals surface area (Å²) in [6.07, 6.45) is 15.2. The molecule has 0 aromatic heterocycles. The lowest BCUT2D eigenvalue weighted by Crippen LogP contribution is -2.37. The molecule has 0 aliphatic carbocycles. The zero-order chi connectivity index (χ0) is 26.9. The van der Waals surface area contributed by atoms with E-state index < -0.39 is 0 Å². The molecule has 0 radical (unpaired) electrons. The Labute approximate surface area is 224 Å². The summed E-state index contributed by atoms with van der Waals surface area (Å²) < 4.78 is 13.0. The molecule has 0 spiro atoms. The van der Waals surface area contributed by atoms with Crippen molar-refractivity contribution in [2.75, 3.05) is 6.61 Å². The van der Waals surface area contributed by atoms with Crippen LogP contribution in [0.3, 0.4) is 0 Å². The number of rotatable bonds is 16. The Morgan fingerprint density at radius 1 is 0.889 bits per heavy atom. The highest BCUT2D eigenvalue weighted by molar-refractivity contribution is 5.59. The highest BCUT2D eigenvalue weighted by Gasteiger charge is 2.34. The van der Waals surface area contributed by atoms with Gasteiger partial charge in [0.15, 0.2) is 0 Å². The first-order valence-corrected chi connectivity index (χ1v) is 15.0. The van der Waals surface area contributed by atoms with Crippen LogP contribution in [0.25, 0.3) is 0 Å². The van der Waals surface area contributed by atoms with Crippen molar-refractivity contribution in [3.05, 3.63) is 34.4 Å². The minimum atomic E-state index is -0.0520. The first-order valence-electron chi connectivity index (χ1n) is 15.0. The van der Waals surface area contributed by atoms with Gasteiger partial charge in [0.2, 0.25) is 0 Å². The second-order valence-corrected chi connectivity index (χ2v) is 13.0. The summed E-state index contributed by atoms with van der Waals surface area (Å²) in [5, 5.41) is 0. The van der Waals surface area contributed by atoms with Crippen LogP contribution in [0.2, 0.25) is 0 Å². The van der Waals surface area contributed by atoms with Gasteiger partial charge in [-0.3, -0.25) is 0 Å². The minimum absolute atomic E-state index is 0.0520. The Morgan fingerprint density at radius 2 is 1.47 bits per heavy atom. The normalized spacial score (nSPS) is 19.1. The van der Waals surface area contributed by atoms with Crippen molar-refractivity contribution in [2.45, 2.75) is 145 Å². The number of fused-ring (bicyclic) bond motifs is 1. The van der Waals surface area contributed by atoms with Crippen molar-refractivity contribution in [1.82, 2.24) is 0 Å². The summed E-state index contributed by atoms with van der Waals surface area (Å²) >= 11 is 0. The highest BCUT2D eigenvalue weighted by Crippen LogP contribution is 2.45. The first kappa shape index (κ1) is 30.8. The van der Waals surface area contributed by atoms with E-state index in [2.05, 4.69) is 68.9 Å². The third-order valence-corrected chi connectivity index (χ3v) is 8.61. The minimum Gasteiger partial charge on any atom is -0.493 e. The molecule has 0 saturated carbocycles. The average Bonchev–Trinajstić information content (AvgIpc) is 2.79. The van der Waals surface area contributed by atoms with Gasteiger partial charge >= 0.3 is 0 Å². The van der Waals surface area contributed by atoms with E-state index in [1.165, 1.54) is 79.2 Å². The highest BCUT2D eigenvalue weighted by atomic mass is 16.5. The predicted octanol–water partition coefficient (Wildman–Crippen LogP) is 10.5. The Kier molecular flexibility index (Phi) is 12.4. The van der Waals surface area contributed by atoms with Crippen molar-refractivity contribution in [3.8, 4) is 11.5 Å². The second kappa shape index (κ2) is 14.5. The molecule has 206 valence electrons. The van der Waals surface area contributed by atoms with Crippen LogP contribution in [0, 0.1) is 38.5 Å². The van der Waals surface area contributed by atoms with Crippen LogP contribution in [0.1, 0.15) is 134 Å². The summed E-state index contributed by atoms with van der Waals surface area (Å²) in [6.45, 7) is 25.3. The standard InChI is InChI=1S/C34H58O2/c1-24(2)14-11-15-26(5)16-12-17-27(6)18-13-21-34(10)22-19-31-30(9)32(35-23-20-25(3)4)28(7)29(8)33(31)36-34/h24,26-27H,3,11-23H2,1-2,4-10H3/t26-,27-,34-/m1/s1. The fraction of sp³-hybridized carbons (Fsp3) is 0.765. The van der Waals surface area contributed by atoms with Crippen molar-refractivity contribution in [1.29, 1.82) is 0 Å². The molecule has 0 amide bonds. The third kappa shape index (κ3) is 9.46. The number of hydrogen-bond donors (Lipinski definition) is 0. The maximum Gasteiger partial charge on any atom is 0.127 e. The summed E-state index contributed by atoms with van der Waals surface area (Å²) in [5.74, 6) is 4.74. The van der Waals surface area contributed by atoms with Crippen LogP contribution < -0.4 is 9.47 Å². The molecule has 1 aromatic carbocycles. The zero-order valence-electron chi connectivity index (χ0n) is 25.4. The van der Waals surface area contributed by atoms with Gasteiger partial charge in [0.25, 0.3) is 0 Å². The summed E-state index contributed by atoms with van der Waals surface area (Å²) in [4.78, 5) is 0. The maximum atomic E-state index is 6.79. The lowest BCUT2D eigenvalue weighted by molar-refractivity contribution is 0.0511. The van der Waals surface area contributed by atoms with Crippen molar-refractivity contribution < 1.29 is 9.47 Å². The second-order valence-electron chi connectivity index (χ2n) is 13.0. The maximum absolute atomic E-state index is 6.79. The third-order valence-electron chi connectivity index (χ3n) is 8.61. The molecule has 0 unspecified atom stereocenters. The molecular formula is C34H58O2. The van der Waals surface area contributed by atoms with Gasteiger partial charge in [0, 0.05) is 12.0 Å². The predicted molar refractivity (Wildman–Crippen MR) is 158 cm³/mol. The van der Waals surface area contributed by atoms with E-state index in [1.54, 1.807) is 0 Å². The molecule has 1 aliphatic rings. The van der Waals surface area contributed by atoms with E-state index in [1.807, 2.05) is 0 Å². The van der Waals surface area contributed by atoms with Crippen molar-refractivity contribution >= 4 is 0 Å². The molecule has 0 fully saturated rings. The zero-order valence-corrected chi connectivity index (χ0v) is 25.4. The number of benzene rings is 1. The lowest BCUT2D eigenvalue weighted by Gasteiger charge is -2.38. The van der Waals surface area contributed by atoms with Crippen LogP contribution in [0.4, 0.5) is 0 Å². The van der Waals surface area contributed by atoms with Gasteiger partial charge in [-0.25, -0.2) is 0 Å². The molecule has 1 aliphatic heterocycles. The molecule has 0 N–H and O–H groups in total. The molecule has 0 bridgehead atoms. The lowest BCUT2D eigenvalue weighted by atomic mass is 9.83. The topological polar surface area (TPSA) is 18.5 Å². The molecular weight excluding hydrogens is 440 g/mol. The van der Waals surface area contributed by atoms with Gasteiger partial charge in [-0.2, -0.15) is 0 Å². The van der Waals surface area contributed by atoms with Gasteiger partial charge < -0.3 is 9.47 Å². The summed E-state index contributed by atoms with van der Waals surface area (Å²) in [5.41, 5.74) is 6.22. The molecule has 2 heteroatoms. The van der Waals surface area contributed by atoms with E-state index >= 15 is 0 Å². The smallest absolute Gasteiger partial charge is 0.127 e. The van der Waals surface area contributed by atoms with Gasteiger partial charge in [0.1, 0.15) is 17.1 Å². The summed E-state index contributed by atoms with van der Waals surface area (Å²) in [7, 11) is 0. The molecule has 1 heterocycles. The first-order chi connectivity index (χ1) is 16.9. The Morgan fingerprint density at radius 3 is 2.06 bits per heavy atom. The molecule has 2 rings (SSSR count). The van der Waals surface area contributed by atoms with Crippen molar-refractivity contribution in [2.24, 2.45) is 17.8 Å². The quantitative estimate of drug-likeness (QED) is 0.211. The largest absolute Gasteiger partial charge is 0.493 e. The number of hydrogen-bond acceptors (Lipinski definition) is 2. The average molecular weight is 499 g/mol. The monoisotopic (exact) mass is 498 g/mol. The SMILES string of the molecule is C=C(C)CCOc1c(C)c(C)c2c(c1C)CC[C@@](C)(CCC[C@H](C)CCC[C@H](C)CCCC(C)C)O2. The van der Waals surface area contributed by atoms with E-state index in [0.29, 0.717) is 6.61 Å². The van der Waals surface area contributed by atoms with Crippen molar-refractivity contribution in [3.63, 3.8) is 0 Å². The molecule has 0 saturated heterocycles. The summed E-state index contributed by atoms with van der Waals surface area (Å²) in [6, 6.07) is 0. The van der Waals surface area contributed by atoms with Crippen LogP contribution in [-0.4, -0.2) is 12.2 Å². The van der Waals surface area contributed by atoms with Crippen LogP contribution in [0.15, 0.2) is 12.2 Å². The Balaban J connectivity index is 1.83. The van der Waals surface area contributed by atoms with Crippen LogP contribution in [-0.2, 0) is 6.42 Å².